The molecule has 0 radical (unpaired) electrons. The van der Waals surface area contributed by atoms with Gasteiger partial charge in [-0.2, -0.15) is 0 Å². The summed E-state index contributed by atoms with van der Waals surface area (Å²) >= 11 is 0. The van der Waals surface area contributed by atoms with Crippen molar-refractivity contribution >= 4 is 13.8 Å². The summed E-state index contributed by atoms with van der Waals surface area (Å²) in [6, 6.07) is 0. The third-order valence-electron chi connectivity index (χ3n) is 5.02. The van der Waals surface area contributed by atoms with E-state index in [1.807, 2.05) is 13.8 Å². The molecule has 0 aromatic heterocycles. The molecule has 0 bridgehead atoms. The summed E-state index contributed by atoms with van der Waals surface area (Å²) in [5.41, 5.74) is 0. The quantitative estimate of drug-likeness (QED) is 0.156. The van der Waals surface area contributed by atoms with Gasteiger partial charge < -0.3 is 24.6 Å². The summed E-state index contributed by atoms with van der Waals surface area (Å²) in [5, 5.41) is 28.4. The summed E-state index contributed by atoms with van der Waals surface area (Å²) in [7, 11) is -4.73. The Bertz CT molecular complexity index is 605. The molecule has 0 fully saturated rings. The highest BCUT2D eigenvalue weighted by Gasteiger charge is 2.44. The molecule has 4 N–H and O–H groups in total. The number of phosphoric acid groups is 1. The number of rotatable bonds is 16. The number of aliphatic hydroxyl groups excluding tert-OH is 3. The van der Waals surface area contributed by atoms with Gasteiger partial charge in [-0.05, 0) is 12.3 Å². The molecule has 0 saturated heterocycles. The highest BCUT2D eigenvalue weighted by atomic mass is 31.2. The van der Waals surface area contributed by atoms with Crippen molar-refractivity contribution in [1.82, 2.24) is 0 Å². The lowest BCUT2D eigenvalue weighted by atomic mass is 10.00. The van der Waals surface area contributed by atoms with E-state index in [9.17, 15) is 24.5 Å². The van der Waals surface area contributed by atoms with Gasteiger partial charge in [0, 0.05) is 0 Å². The normalized spacial score (nSPS) is 20.9. The van der Waals surface area contributed by atoms with Crippen LogP contribution in [0.25, 0.3) is 0 Å². The minimum atomic E-state index is -4.73. The number of ether oxygens (including phenoxy) is 1. The summed E-state index contributed by atoms with van der Waals surface area (Å²) in [4.78, 5) is 21.9. The first-order valence-electron chi connectivity index (χ1n) is 10.8. The number of unbranched alkanes of at least 4 members (excludes halogenated alkanes) is 7. The first kappa shape index (κ1) is 26.9. The van der Waals surface area contributed by atoms with Crippen molar-refractivity contribution < 1.29 is 43.4 Å². The van der Waals surface area contributed by atoms with Crippen LogP contribution in [0.3, 0.4) is 0 Å². The molecule has 0 aromatic carbocycles. The number of aliphatic hydroxyl groups is 3. The van der Waals surface area contributed by atoms with Crippen LogP contribution in [-0.2, 0) is 23.1 Å². The molecule has 1 aliphatic heterocycles. The maximum atomic E-state index is 12.4. The van der Waals surface area contributed by atoms with E-state index in [1.54, 1.807) is 0 Å². The van der Waals surface area contributed by atoms with E-state index in [-0.39, 0.29) is 5.92 Å². The summed E-state index contributed by atoms with van der Waals surface area (Å²) in [6.07, 6.45) is 5.88. The van der Waals surface area contributed by atoms with Gasteiger partial charge in [-0.1, -0.05) is 72.1 Å². The number of esters is 1. The van der Waals surface area contributed by atoms with Gasteiger partial charge in [0.05, 0.1) is 12.7 Å². The van der Waals surface area contributed by atoms with Gasteiger partial charge in [-0.3, -0.25) is 9.42 Å². The second-order valence-electron chi connectivity index (χ2n) is 8.00. The van der Waals surface area contributed by atoms with Crippen LogP contribution in [0, 0.1) is 5.92 Å². The Balaban J connectivity index is 2.56. The van der Waals surface area contributed by atoms with Crippen LogP contribution in [0.4, 0.5) is 0 Å². The van der Waals surface area contributed by atoms with Gasteiger partial charge in [0.1, 0.15) is 6.10 Å². The predicted molar refractivity (Wildman–Crippen MR) is 110 cm³/mol. The zero-order valence-electron chi connectivity index (χ0n) is 18.2. The van der Waals surface area contributed by atoms with Crippen molar-refractivity contribution in [3.63, 3.8) is 0 Å². The van der Waals surface area contributed by atoms with E-state index in [0.29, 0.717) is 6.42 Å². The number of carbonyl (C=O) groups excluding carboxylic acids is 1. The average Bonchev–Trinajstić information content (AvgIpc) is 2.96. The second kappa shape index (κ2) is 13.3. The maximum Gasteiger partial charge on any atom is 0.528 e. The van der Waals surface area contributed by atoms with E-state index in [2.05, 4.69) is 11.7 Å². The number of cyclic esters (lactones) is 1. The number of carbonyl (C=O) groups is 1. The fraction of sp³-hybridized carbons (Fsp3) is 0.850. The zero-order valence-corrected chi connectivity index (χ0v) is 19.1. The van der Waals surface area contributed by atoms with Gasteiger partial charge in [0.2, 0.25) is 0 Å². The summed E-state index contributed by atoms with van der Waals surface area (Å²) in [5.74, 6) is -3.04. The molecule has 0 aromatic rings. The minimum absolute atomic E-state index is 0.0688. The molecule has 0 saturated carbocycles. The van der Waals surface area contributed by atoms with Crippen molar-refractivity contribution in [3.8, 4) is 0 Å². The SMILES string of the molecule is CCCCCCCCCCC(OP(=O)(O)OC1=C(O)[C@@H](C(O)CO)OC1=O)C(C)C. The fourth-order valence-electron chi connectivity index (χ4n) is 3.19. The Morgan fingerprint density at radius 1 is 1.10 bits per heavy atom. The van der Waals surface area contributed by atoms with Gasteiger partial charge in [-0.25, -0.2) is 9.36 Å². The topological polar surface area (TPSA) is 143 Å². The lowest BCUT2D eigenvalue weighted by molar-refractivity contribution is -0.147. The Hall–Kier alpha value is -1.12. The van der Waals surface area contributed by atoms with Gasteiger partial charge in [-0.15, -0.1) is 0 Å². The highest BCUT2D eigenvalue weighted by molar-refractivity contribution is 7.47. The van der Waals surface area contributed by atoms with E-state index in [0.717, 1.165) is 19.3 Å². The standard InChI is InChI=1S/C20H37O9P/c1-4-5-6-7-8-9-10-11-12-16(14(2)3)28-30(25,26)29-19-17(23)18(15(22)13-21)27-20(19)24/h14-16,18,21-23H,4-13H2,1-3H3,(H,25,26)/t15?,16?,18-/m1/s1. The van der Waals surface area contributed by atoms with Crippen LogP contribution in [-0.4, -0.2) is 51.1 Å². The number of hydrogen-bond acceptors (Lipinski definition) is 8. The second-order valence-corrected chi connectivity index (χ2v) is 9.33. The molecule has 1 aliphatic rings. The average molecular weight is 452 g/mol. The first-order chi connectivity index (χ1) is 14.1. The van der Waals surface area contributed by atoms with Gasteiger partial charge in [0.15, 0.2) is 11.9 Å². The Morgan fingerprint density at radius 3 is 2.20 bits per heavy atom. The minimum Gasteiger partial charge on any atom is -0.505 e. The van der Waals surface area contributed by atoms with E-state index < -0.39 is 50.2 Å². The van der Waals surface area contributed by atoms with Crippen LogP contribution in [0.1, 0.15) is 78.6 Å². The van der Waals surface area contributed by atoms with Crippen LogP contribution in [0.5, 0.6) is 0 Å². The van der Waals surface area contributed by atoms with Crippen molar-refractivity contribution in [2.75, 3.05) is 6.61 Å². The molecule has 1 heterocycles. The number of hydrogen-bond donors (Lipinski definition) is 4. The van der Waals surface area contributed by atoms with Crippen LogP contribution in [0.2, 0.25) is 0 Å². The molecule has 3 unspecified atom stereocenters. The smallest absolute Gasteiger partial charge is 0.505 e. The summed E-state index contributed by atoms with van der Waals surface area (Å²) < 4.78 is 27.1. The van der Waals surface area contributed by atoms with Crippen LogP contribution in [0.15, 0.2) is 11.5 Å². The molecule has 30 heavy (non-hydrogen) atoms. The lowest BCUT2D eigenvalue weighted by Crippen LogP contribution is -2.31. The molecule has 1 rings (SSSR count). The third kappa shape index (κ3) is 8.94. The van der Waals surface area contributed by atoms with Crippen molar-refractivity contribution in [3.05, 3.63) is 11.5 Å². The Labute approximate surface area is 178 Å². The predicted octanol–water partition coefficient (Wildman–Crippen LogP) is 3.72. The fourth-order valence-corrected chi connectivity index (χ4v) is 4.33. The van der Waals surface area contributed by atoms with Gasteiger partial charge in [0.25, 0.3) is 5.76 Å². The van der Waals surface area contributed by atoms with Crippen LogP contribution >= 0.6 is 7.82 Å². The molecule has 4 atom stereocenters. The van der Waals surface area contributed by atoms with Crippen molar-refractivity contribution in [2.45, 2.75) is 96.9 Å². The molecule has 0 spiro atoms. The maximum absolute atomic E-state index is 12.4. The molecule has 0 amide bonds. The molecule has 176 valence electrons. The number of phosphoric ester groups is 1. The van der Waals surface area contributed by atoms with Crippen molar-refractivity contribution in [2.24, 2.45) is 5.92 Å². The molecular weight excluding hydrogens is 415 g/mol. The zero-order chi connectivity index (χ0) is 22.7. The van der Waals surface area contributed by atoms with Gasteiger partial charge >= 0.3 is 13.8 Å². The van der Waals surface area contributed by atoms with Crippen LogP contribution < -0.4 is 0 Å². The highest BCUT2D eigenvalue weighted by Crippen LogP contribution is 2.50. The molecule has 10 heteroatoms. The largest absolute Gasteiger partial charge is 0.528 e. The monoisotopic (exact) mass is 452 g/mol. The van der Waals surface area contributed by atoms with E-state index in [1.165, 1.54) is 32.1 Å². The lowest BCUT2D eigenvalue weighted by Gasteiger charge is -2.23. The molecular formula is C20H37O9P. The molecule has 9 nitrogen and oxygen atoms in total. The van der Waals surface area contributed by atoms with E-state index >= 15 is 0 Å². The Morgan fingerprint density at radius 2 is 1.67 bits per heavy atom. The van der Waals surface area contributed by atoms with Crippen molar-refractivity contribution in [1.29, 1.82) is 0 Å². The van der Waals surface area contributed by atoms with E-state index in [4.69, 9.17) is 14.2 Å². The first-order valence-corrected chi connectivity index (χ1v) is 12.3. The third-order valence-corrected chi connectivity index (χ3v) is 5.97. The summed E-state index contributed by atoms with van der Waals surface area (Å²) in [6.45, 7) is 5.10. The molecule has 0 aliphatic carbocycles. The Kier molecular flexibility index (Phi) is 12.0.